The first-order valence-corrected chi connectivity index (χ1v) is 15.5. The predicted molar refractivity (Wildman–Crippen MR) is 164 cm³/mol. The fourth-order valence-corrected chi connectivity index (χ4v) is 6.42. The highest BCUT2D eigenvalue weighted by Gasteiger charge is 2.33. The minimum absolute atomic E-state index is 0.0691. The van der Waals surface area contributed by atoms with Crippen molar-refractivity contribution in [2.75, 3.05) is 31.4 Å². The number of carbonyl (C=O) groups is 1. The molecule has 2 heterocycles. The van der Waals surface area contributed by atoms with Crippen LogP contribution in [0.25, 0.3) is 0 Å². The molecule has 0 saturated carbocycles. The van der Waals surface area contributed by atoms with Gasteiger partial charge in [-0.15, -0.1) is 0 Å². The molecule has 0 unspecified atom stereocenters. The molecule has 10 heteroatoms. The standard InChI is InChI=1S/C33H33N5O4S/c1-37(33(40)32(24-9-4-2-5-10-24)25-11-6-3-7-12-25)31(23-38-18-17-29(39)22-38)26-13-8-14-27(19-26)36-43(41,42)30-16-15-28(20-34)35-21-30/h2-16,19,21,29,31-32,36,39H,17-18,22-23H2,1H3/t29-,31-/m1/s1. The van der Waals surface area contributed by atoms with Gasteiger partial charge in [-0.25, -0.2) is 13.4 Å². The summed E-state index contributed by atoms with van der Waals surface area (Å²) in [5, 5.41) is 19.2. The van der Waals surface area contributed by atoms with E-state index in [4.69, 9.17) is 5.26 Å². The first-order chi connectivity index (χ1) is 20.7. The zero-order chi connectivity index (χ0) is 30.4. The van der Waals surface area contributed by atoms with Crippen molar-refractivity contribution in [1.82, 2.24) is 14.8 Å². The van der Waals surface area contributed by atoms with Crippen LogP contribution in [0.3, 0.4) is 0 Å². The van der Waals surface area contributed by atoms with Gasteiger partial charge in [-0.1, -0.05) is 72.8 Å². The summed E-state index contributed by atoms with van der Waals surface area (Å²) in [6, 6.07) is 30.4. The molecule has 0 bridgehead atoms. The third kappa shape index (κ3) is 7.09. The fraction of sp³-hybridized carbons (Fsp3) is 0.242. The average Bonchev–Trinajstić information content (AvgIpc) is 3.45. The number of nitrogens with zero attached hydrogens (tertiary/aromatic N) is 4. The maximum absolute atomic E-state index is 14.4. The summed E-state index contributed by atoms with van der Waals surface area (Å²) in [5.74, 6) is -0.638. The van der Waals surface area contributed by atoms with Crippen molar-refractivity contribution in [2.24, 2.45) is 0 Å². The van der Waals surface area contributed by atoms with Gasteiger partial charge in [0.1, 0.15) is 16.7 Å². The number of likely N-dealkylation sites (tertiary alicyclic amines) is 1. The largest absolute Gasteiger partial charge is 0.392 e. The zero-order valence-electron chi connectivity index (χ0n) is 23.7. The van der Waals surface area contributed by atoms with Crippen LogP contribution >= 0.6 is 0 Å². The monoisotopic (exact) mass is 595 g/mol. The number of sulfonamides is 1. The van der Waals surface area contributed by atoms with E-state index in [1.54, 1.807) is 30.1 Å². The smallest absolute Gasteiger partial charge is 0.263 e. The molecule has 1 amide bonds. The van der Waals surface area contributed by atoms with Crippen LogP contribution in [0.4, 0.5) is 5.69 Å². The van der Waals surface area contributed by atoms with Crippen LogP contribution in [0.5, 0.6) is 0 Å². The highest BCUT2D eigenvalue weighted by atomic mass is 32.2. The SMILES string of the molecule is CN(C(=O)C(c1ccccc1)c1ccccc1)[C@H](CN1CC[C@@H](O)C1)c1cccc(NS(=O)(=O)c2ccc(C#N)nc2)c1. The highest BCUT2D eigenvalue weighted by molar-refractivity contribution is 7.92. The Kier molecular flexibility index (Phi) is 9.16. The van der Waals surface area contributed by atoms with Crippen LogP contribution in [0, 0.1) is 11.3 Å². The first-order valence-electron chi connectivity index (χ1n) is 14.0. The Bertz CT molecular complexity index is 1650. The Morgan fingerprint density at radius 1 is 1.02 bits per heavy atom. The molecule has 1 aliphatic heterocycles. The van der Waals surface area contributed by atoms with Crippen molar-refractivity contribution in [3.8, 4) is 6.07 Å². The van der Waals surface area contributed by atoms with E-state index >= 15 is 0 Å². The second-order valence-corrected chi connectivity index (χ2v) is 12.3. The second-order valence-electron chi connectivity index (χ2n) is 10.6. The molecule has 1 saturated heterocycles. The molecule has 220 valence electrons. The van der Waals surface area contributed by atoms with Crippen molar-refractivity contribution < 1.29 is 18.3 Å². The number of pyridine rings is 1. The van der Waals surface area contributed by atoms with Crippen LogP contribution < -0.4 is 4.72 Å². The van der Waals surface area contributed by atoms with Crippen LogP contribution in [-0.2, 0) is 14.8 Å². The number of hydrogen-bond donors (Lipinski definition) is 2. The number of aliphatic hydroxyl groups excluding tert-OH is 1. The maximum atomic E-state index is 14.4. The molecule has 2 N–H and O–H groups in total. The van der Waals surface area contributed by atoms with Gasteiger partial charge >= 0.3 is 0 Å². The Hall–Kier alpha value is -4.56. The third-order valence-corrected chi connectivity index (χ3v) is 9.06. The average molecular weight is 596 g/mol. The van der Waals surface area contributed by atoms with E-state index in [1.807, 2.05) is 72.8 Å². The van der Waals surface area contributed by atoms with E-state index in [9.17, 15) is 18.3 Å². The Morgan fingerprint density at radius 2 is 1.67 bits per heavy atom. The molecule has 5 rings (SSSR count). The van der Waals surface area contributed by atoms with Crippen molar-refractivity contribution in [2.45, 2.75) is 29.4 Å². The number of amides is 1. The lowest BCUT2D eigenvalue weighted by atomic mass is 9.89. The van der Waals surface area contributed by atoms with E-state index in [0.717, 1.165) is 22.9 Å². The molecule has 0 radical (unpaired) electrons. The second kappa shape index (κ2) is 13.2. The summed E-state index contributed by atoms with van der Waals surface area (Å²) in [7, 11) is -2.20. The van der Waals surface area contributed by atoms with Gasteiger partial charge in [-0.3, -0.25) is 14.4 Å². The molecule has 43 heavy (non-hydrogen) atoms. The molecule has 3 aromatic carbocycles. The van der Waals surface area contributed by atoms with E-state index in [2.05, 4.69) is 14.6 Å². The van der Waals surface area contributed by atoms with Gasteiger partial charge in [0.05, 0.1) is 18.1 Å². The first kappa shape index (κ1) is 29.9. The summed E-state index contributed by atoms with van der Waals surface area (Å²) >= 11 is 0. The van der Waals surface area contributed by atoms with Crippen molar-refractivity contribution >= 4 is 21.6 Å². The lowest BCUT2D eigenvalue weighted by Crippen LogP contribution is -2.41. The maximum Gasteiger partial charge on any atom is 0.263 e. The molecular formula is C33H33N5O4S. The number of aromatic nitrogens is 1. The molecule has 1 fully saturated rings. The summed E-state index contributed by atoms with van der Waals surface area (Å²) in [6.07, 6.45) is 1.37. The summed E-state index contributed by atoms with van der Waals surface area (Å²) in [6.45, 7) is 1.65. The highest BCUT2D eigenvalue weighted by Crippen LogP contribution is 2.32. The minimum Gasteiger partial charge on any atom is -0.392 e. The van der Waals surface area contributed by atoms with Crippen LogP contribution in [-0.4, -0.2) is 67.0 Å². The number of nitrogens with one attached hydrogen (secondary N) is 1. The summed E-state index contributed by atoms with van der Waals surface area (Å²) in [5.41, 5.74) is 2.94. The van der Waals surface area contributed by atoms with Gasteiger partial charge in [-0.05, 0) is 47.4 Å². The van der Waals surface area contributed by atoms with Crippen LogP contribution in [0.1, 0.15) is 40.8 Å². The number of nitriles is 1. The van der Waals surface area contributed by atoms with Gasteiger partial charge in [0.15, 0.2) is 0 Å². The molecule has 0 aliphatic carbocycles. The van der Waals surface area contributed by atoms with E-state index in [-0.39, 0.29) is 16.5 Å². The number of rotatable bonds is 10. The number of benzene rings is 3. The molecule has 4 aromatic rings. The molecule has 2 atom stereocenters. The summed E-state index contributed by atoms with van der Waals surface area (Å²) < 4.78 is 28.8. The van der Waals surface area contributed by atoms with Crippen LogP contribution in [0.15, 0.2) is 108 Å². The Balaban J connectivity index is 1.48. The predicted octanol–water partition coefficient (Wildman–Crippen LogP) is 4.15. The van der Waals surface area contributed by atoms with Crippen molar-refractivity contribution in [1.29, 1.82) is 5.26 Å². The summed E-state index contributed by atoms with van der Waals surface area (Å²) in [4.78, 5) is 22.0. The number of carbonyl (C=O) groups excluding carboxylic acids is 1. The van der Waals surface area contributed by atoms with Gasteiger partial charge in [0.25, 0.3) is 10.0 Å². The number of likely N-dealkylation sites (N-methyl/N-ethyl adjacent to an activating group) is 1. The lowest BCUT2D eigenvalue weighted by Gasteiger charge is -2.35. The fourth-order valence-electron chi connectivity index (χ4n) is 5.43. The van der Waals surface area contributed by atoms with E-state index in [1.165, 1.54) is 12.1 Å². The molecular weight excluding hydrogens is 562 g/mol. The minimum atomic E-state index is -3.98. The quantitative estimate of drug-likeness (QED) is 0.282. The number of β-amino-alcohol motifs (C(OH)–C–C–N with tert-alkyl or cyclic N) is 1. The normalized spacial score (nSPS) is 16.0. The topological polar surface area (TPSA) is 127 Å². The zero-order valence-corrected chi connectivity index (χ0v) is 24.6. The number of aliphatic hydroxyl groups is 1. The molecule has 1 aromatic heterocycles. The number of anilines is 1. The van der Waals surface area contributed by atoms with Crippen molar-refractivity contribution in [3.05, 3.63) is 126 Å². The van der Waals surface area contributed by atoms with E-state index < -0.39 is 28.1 Å². The number of hydrogen-bond acceptors (Lipinski definition) is 7. The van der Waals surface area contributed by atoms with Gasteiger partial charge < -0.3 is 10.0 Å². The van der Waals surface area contributed by atoms with Crippen LogP contribution in [0.2, 0.25) is 0 Å². The van der Waals surface area contributed by atoms with Gasteiger partial charge in [-0.2, -0.15) is 5.26 Å². The van der Waals surface area contributed by atoms with Gasteiger partial charge in [0, 0.05) is 38.6 Å². The lowest BCUT2D eigenvalue weighted by molar-refractivity contribution is -0.133. The Morgan fingerprint density at radius 3 is 2.23 bits per heavy atom. The van der Waals surface area contributed by atoms with Crippen molar-refractivity contribution in [3.63, 3.8) is 0 Å². The van der Waals surface area contributed by atoms with E-state index in [0.29, 0.717) is 31.7 Å². The third-order valence-electron chi connectivity index (χ3n) is 7.69. The molecule has 1 aliphatic rings. The van der Waals surface area contributed by atoms with Gasteiger partial charge in [0.2, 0.25) is 5.91 Å². The Labute approximate surface area is 252 Å². The molecule has 0 spiro atoms. The molecule has 9 nitrogen and oxygen atoms in total.